The molecule has 0 aliphatic carbocycles. The van der Waals surface area contributed by atoms with Crippen molar-refractivity contribution in [1.29, 1.82) is 0 Å². The van der Waals surface area contributed by atoms with Crippen LogP contribution in [0.25, 0.3) is 0 Å². The summed E-state index contributed by atoms with van der Waals surface area (Å²) in [5.41, 5.74) is 2.16. The van der Waals surface area contributed by atoms with Gasteiger partial charge >= 0.3 is 0 Å². The van der Waals surface area contributed by atoms with Gasteiger partial charge in [-0.2, -0.15) is 0 Å². The first-order valence-electron chi connectivity index (χ1n) is 9.18. The molecule has 0 saturated heterocycles. The van der Waals surface area contributed by atoms with Crippen LogP contribution in [0.15, 0.2) is 48.5 Å². The molecule has 5 heteroatoms. The second kappa shape index (κ2) is 9.98. The van der Waals surface area contributed by atoms with Gasteiger partial charge in [0, 0.05) is 17.2 Å². The lowest BCUT2D eigenvalue weighted by molar-refractivity contribution is 0.0536. The highest BCUT2D eigenvalue weighted by Crippen LogP contribution is 2.33. The Labute approximate surface area is 166 Å². The van der Waals surface area contributed by atoms with Gasteiger partial charge < -0.3 is 19.7 Å². The molecule has 148 valence electrons. The van der Waals surface area contributed by atoms with Gasteiger partial charge in [0.15, 0.2) is 0 Å². The Morgan fingerprint density at radius 3 is 1.74 bits per heavy atom. The summed E-state index contributed by atoms with van der Waals surface area (Å²) < 4.78 is 11.2. The standard InChI is InChI=1S/C22H29ClO4/c1-16(12-23)14-26-20-8-4-17(5-9-20)22(2,3)18-6-10-21(11-7-18)27-15-19(25)13-24/h4-11,16,19,24-25H,12-15H2,1-3H3/t16-,19-/m0/s1. The quantitative estimate of drug-likeness (QED) is 0.600. The monoisotopic (exact) mass is 392 g/mol. The van der Waals surface area contributed by atoms with Crippen LogP contribution in [0.5, 0.6) is 11.5 Å². The third-order valence-electron chi connectivity index (χ3n) is 4.60. The minimum atomic E-state index is -0.866. The summed E-state index contributed by atoms with van der Waals surface area (Å²) in [6.45, 7) is 6.77. The fraction of sp³-hybridized carbons (Fsp3) is 0.455. The van der Waals surface area contributed by atoms with Crippen LogP contribution in [0, 0.1) is 5.92 Å². The normalized spacial score (nSPS) is 13.9. The molecule has 0 heterocycles. The Morgan fingerprint density at radius 2 is 1.33 bits per heavy atom. The van der Waals surface area contributed by atoms with Gasteiger partial charge in [-0.3, -0.25) is 0 Å². The summed E-state index contributed by atoms with van der Waals surface area (Å²) in [4.78, 5) is 0. The molecule has 0 fully saturated rings. The number of aliphatic hydroxyl groups excluding tert-OH is 2. The van der Waals surface area contributed by atoms with Gasteiger partial charge in [0.05, 0.1) is 13.2 Å². The van der Waals surface area contributed by atoms with Crippen molar-refractivity contribution in [3.63, 3.8) is 0 Å². The van der Waals surface area contributed by atoms with Gasteiger partial charge in [0.2, 0.25) is 0 Å². The number of benzene rings is 2. The lowest BCUT2D eigenvalue weighted by atomic mass is 9.78. The van der Waals surface area contributed by atoms with E-state index in [-0.39, 0.29) is 18.6 Å². The van der Waals surface area contributed by atoms with Crippen LogP contribution < -0.4 is 9.47 Å². The average Bonchev–Trinajstić information content (AvgIpc) is 2.70. The van der Waals surface area contributed by atoms with Crippen LogP contribution in [0.3, 0.4) is 0 Å². The summed E-state index contributed by atoms with van der Waals surface area (Å²) in [6, 6.07) is 16.0. The predicted molar refractivity (Wildman–Crippen MR) is 109 cm³/mol. The number of hydrogen-bond donors (Lipinski definition) is 2. The maximum absolute atomic E-state index is 9.36. The molecular formula is C22H29ClO4. The molecule has 2 rings (SSSR count). The lowest BCUT2D eigenvalue weighted by Crippen LogP contribution is -2.21. The van der Waals surface area contributed by atoms with Crippen molar-refractivity contribution in [2.75, 3.05) is 25.7 Å². The molecule has 27 heavy (non-hydrogen) atoms. The summed E-state index contributed by atoms with van der Waals surface area (Å²) in [6.07, 6.45) is -0.866. The van der Waals surface area contributed by atoms with E-state index in [1.807, 2.05) is 36.4 Å². The van der Waals surface area contributed by atoms with Crippen LogP contribution >= 0.6 is 11.6 Å². The van der Waals surface area contributed by atoms with Gasteiger partial charge in [-0.15, -0.1) is 11.6 Å². The largest absolute Gasteiger partial charge is 0.493 e. The number of rotatable bonds is 10. The first-order chi connectivity index (χ1) is 12.9. The highest BCUT2D eigenvalue weighted by atomic mass is 35.5. The topological polar surface area (TPSA) is 58.9 Å². The first-order valence-corrected chi connectivity index (χ1v) is 9.71. The lowest BCUT2D eigenvalue weighted by Gasteiger charge is -2.26. The summed E-state index contributed by atoms with van der Waals surface area (Å²) in [5, 5.41) is 18.2. The van der Waals surface area contributed by atoms with Crippen molar-refractivity contribution < 1.29 is 19.7 Å². The Morgan fingerprint density at radius 1 is 0.889 bits per heavy atom. The molecule has 0 spiro atoms. The van der Waals surface area contributed by atoms with E-state index in [9.17, 15) is 5.11 Å². The molecule has 2 aromatic carbocycles. The number of aliphatic hydroxyl groups is 2. The fourth-order valence-electron chi connectivity index (χ4n) is 2.63. The summed E-state index contributed by atoms with van der Waals surface area (Å²) in [5.74, 6) is 2.42. The Bertz CT molecular complexity index is 623. The molecule has 0 aliphatic rings. The molecule has 2 N–H and O–H groups in total. The van der Waals surface area contributed by atoms with E-state index in [1.165, 1.54) is 5.56 Å². The highest BCUT2D eigenvalue weighted by Gasteiger charge is 2.23. The maximum Gasteiger partial charge on any atom is 0.119 e. The molecule has 0 saturated carbocycles. The van der Waals surface area contributed by atoms with Gasteiger partial charge in [0.1, 0.15) is 24.2 Å². The number of ether oxygens (including phenoxy) is 2. The third kappa shape index (κ3) is 6.13. The molecule has 0 radical (unpaired) electrons. The molecule has 2 atom stereocenters. The third-order valence-corrected chi connectivity index (χ3v) is 5.13. The summed E-state index contributed by atoms with van der Waals surface area (Å²) >= 11 is 5.81. The summed E-state index contributed by atoms with van der Waals surface area (Å²) in [7, 11) is 0. The van der Waals surface area contributed by atoms with Crippen LogP contribution in [0.1, 0.15) is 31.9 Å². The van der Waals surface area contributed by atoms with Gasteiger partial charge in [-0.1, -0.05) is 45.0 Å². The minimum absolute atomic E-state index is 0.0725. The van der Waals surface area contributed by atoms with Crippen LogP contribution in [-0.2, 0) is 5.41 Å². The van der Waals surface area contributed by atoms with Crippen molar-refractivity contribution in [3.05, 3.63) is 59.7 Å². The van der Waals surface area contributed by atoms with E-state index < -0.39 is 6.10 Å². The van der Waals surface area contributed by atoms with Gasteiger partial charge in [0.25, 0.3) is 0 Å². The number of halogens is 1. The zero-order chi connectivity index (χ0) is 19.9. The fourth-order valence-corrected chi connectivity index (χ4v) is 2.72. The molecule has 0 bridgehead atoms. The first kappa shape index (κ1) is 21.5. The Balaban J connectivity index is 2.04. The van der Waals surface area contributed by atoms with Crippen molar-refractivity contribution in [1.82, 2.24) is 0 Å². The zero-order valence-corrected chi connectivity index (χ0v) is 16.9. The smallest absolute Gasteiger partial charge is 0.119 e. The van der Waals surface area contributed by atoms with E-state index >= 15 is 0 Å². The number of alkyl halides is 1. The second-order valence-corrected chi connectivity index (χ2v) is 7.70. The molecule has 0 aliphatic heterocycles. The average molecular weight is 393 g/mol. The predicted octanol–water partition coefficient (Wildman–Crippen LogP) is 4.00. The van der Waals surface area contributed by atoms with Crippen molar-refractivity contribution >= 4 is 11.6 Å². The van der Waals surface area contributed by atoms with E-state index in [4.69, 9.17) is 26.2 Å². The van der Waals surface area contributed by atoms with E-state index in [0.717, 1.165) is 11.3 Å². The Kier molecular flexibility index (Phi) is 7.96. The molecule has 2 aromatic rings. The van der Waals surface area contributed by atoms with Crippen LogP contribution in [0.2, 0.25) is 0 Å². The molecular weight excluding hydrogens is 364 g/mol. The number of hydrogen-bond acceptors (Lipinski definition) is 4. The maximum atomic E-state index is 9.36. The molecule has 4 nitrogen and oxygen atoms in total. The van der Waals surface area contributed by atoms with Crippen molar-refractivity contribution in [2.24, 2.45) is 5.92 Å². The second-order valence-electron chi connectivity index (χ2n) is 7.39. The molecule has 0 amide bonds. The van der Waals surface area contributed by atoms with E-state index in [0.29, 0.717) is 24.2 Å². The van der Waals surface area contributed by atoms with E-state index in [2.05, 4.69) is 32.9 Å². The van der Waals surface area contributed by atoms with Gasteiger partial charge in [-0.25, -0.2) is 0 Å². The molecule has 0 unspecified atom stereocenters. The van der Waals surface area contributed by atoms with Crippen molar-refractivity contribution in [3.8, 4) is 11.5 Å². The van der Waals surface area contributed by atoms with Crippen molar-refractivity contribution in [2.45, 2.75) is 32.3 Å². The Hall–Kier alpha value is -1.75. The zero-order valence-electron chi connectivity index (χ0n) is 16.2. The van der Waals surface area contributed by atoms with Gasteiger partial charge in [-0.05, 0) is 35.4 Å². The SMILES string of the molecule is C[C@@H](CCl)COc1ccc(C(C)(C)c2ccc(OC[C@@H](O)CO)cc2)cc1. The minimum Gasteiger partial charge on any atom is -0.493 e. The molecule has 0 aromatic heterocycles. The van der Waals surface area contributed by atoms with E-state index in [1.54, 1.807) is 0 Å². The highest BCUT2D eigenvalue weighted by molar-refractivity contribution is 6.18. The van der Waals surface area contributed by atoms with Crippen LogP contribution in [-0.4, -0.2) is 42.0 Å². The van der Waals surface area contributed by atoms with Crippen LogP contribution in [0.4, 0.5) is 0 Å².